The highest BCUT2D eigenvalue weighted by atomic mass is 19.1. The smallest absolute Gasteiger partial charge is 0.320 e. The molecule has 3 rings (SSSR count). The predicted octanol–water partition coefficient (Wildman–Crippen LogP) is 2.91. The first-order chi connectivity index (χ1) is 11.1. The van der Waals surface area contributed by atoms with Gasteiger partial charge in [-0.2, -0.15) is 5.26 Å². The molecule has 2 atom stereocenters. The molecule has 0 saturated heterocycles. The van der Waals surface area contributed by atoms with E-state index in [1.165, 1.54) is 36.5 Å². The number of carbonyl (C=O) groups is 1. The van der Waals surface area contributed by atoms with Crippen LogP contribution < -0.4 is 10.6 Å². The van der Waals surface area contributed by atoms with Gasteiger partial charge < -0.3 is 5.32 Å². The summed E-state index contributed by atoms with van der Waals surface area (Å²) in [5.74, 6) is -1.28. The van der Waals surface area contributed by atoms with Crippen molar-refractivity contribution in [1.29, 1.82) is 5.26 Å². The molecule has 1 heterocycles. The number of amides is 2. The molecule has 0 spiro atoms. The van der Waals surface area contributed by atoms with Gasteiger partial charge in [-0.3, -0.25) is 5.32 Å². The van der Waals surface area contributed by atoms with Gasteiger partial charge in [0.1, 0.15) is 23.5 Å². The van der Waals surface area contributed by atoms with Crippen molar-refractivity contribution in [3.63, 3.8) is 0 Å². The fourth-order valence-corrected chi connectivity index (χ4v) is 2.39. The zero-order valence-corrected chi connectivity index (χ0v) is 11.9. The van der Waals surface area contributed by atoms with Crippen LogP contribution in [0.5, 0.6) is 0 Å². The van der Waals surface area contributed by atoms with Crippen LogP contribution in [-0.4, -0.2) is 17.1 Å². The number of hydrogen-bond donors (Lipinski definition) is 2. The minimum Gasteiger partial charge on any atom is -0.334 e. The summed E-state index contributed by atoms with van der Waals surface area (Å²) in [6, 6.07) is 7.83. The highest BCUT2D eigenvalue weighted by molar-refractivity contribution is 5.88. The van der Waals surface area contributed by atoms with Crippen molar-refractivity contribution in [1.82, 2.24) is 10.3 Å². The number of nitriles is 1. The van der Waals surface area contributed by atoms with Crippen molar-refractivity contribution in [2.24, 2.45) is 0 Å². The third-order valence-electron chi connectivity index (χ3n) is 3.61. The SMILES string of the molecule is N#Cc1ccc(NC(=O)N[C@@H]2C[C@@H]2c2c(F)cccc2F)nc1. The first kappa shape index (κ1) is 14.9. The molecular weight excluding hydrogens is 302 g/mol. The Bertz CT molecular complexity index is 765. The van der Waals surface area contributed by atoms with E-state index in [0.717, 1.165) is 0 Å². The molecule has 1 saturated carbocycles. The molecule has 0 unspecified atom stereocenters. The van der Waals surface area contributed by atoms with Gasteiger partial charge in [0.2, 0.25) is 0 Å². The van der Waals surface area contributed by atoms with Crippen molar-refractivity contribution >= 4 is 11.8 Å². The lowest BCUT2D eigenvalue weighted by Gasteiger charge is -2.08. The number of rotatable bonds is 3. The fourth-order valence-electron chi connectivity index (χ4n) is 2.39. The number of benzene rings is 1. The Morgan fingerprint density at radius 2 is 2.00 bits per heavy atom. The first-order valence-corrected chi connectivity index (χ1v) is 6.96. The summed E-state index contributed by atoms with van der Waals surface area (Å²) in [4.78, 5) is 15.8. The largest absolute Gasteiger partial charge is 0.334 e. The summed E-state index contributed by atoms with van der Waals surface area (Å²) in [6.45, 7) is 0. The van der Waals surface area contributed by atoms with Gasteiger partial charge in [0.15, 0.2) is 0 Å². The van der Waals surface area contributed by atoms with Crippen molar-refractivity contribution in [2.75, 3.05) is 5.32 Å². The Hall–Kier alpha value is -3.01. The number of pyridine rings is 1. The van der Waals surface area contributed by atoms with Crippen LogP contribution in [0.4, 0.5) is 19.4 Å². The molecule has 1 aromatic carbocycles. The second kappa shape index (κ2) is 6.01. The highest BCUT2D eigenvalue weighted by Crippen LogP contribution is 2.43. The number of nitrogens with zero attached hydrogens (tertiary/aromatic N) is 2. The number of anilines is 1. The van der Waals surface area contributed by atoms with E-state index in [-0.39, 0.29) is 23.3 Å². The number of nitrogens with one attached hydrogen (secondary N) is 2. The first-order valence-electron chi connectivity index (χ1n) is 6.96. The number of carbonyl (C=O) groups excluding carboxylic acids is 1. The lowest BCUT2D eigenvalue weighted by molar-refractivity contribution is 0.251. The summed E-state index contributed by atoms with van der Waals surface area (Å²) in [5.41, 5.74) is 0.391. The van der Waals surface area contributed by atoms with E-state index in [0.29, 0.717) is 12.0 Å². The average molecular weight is 314 g/mol. The van der Waals surface area contributed by atoms with E-state index in [1.54, 1.807) is 0 Å². The average Bonchev–Trinajstić information content (AvgIpc) is 3.26. The molecule has 23 heavy (non-hydrogen) atoms. The lowest BCUT2D eigenvalue weighted by atomic mass is 10.1. The van der Waals surface area contributed by atoms with Gasteiger partial charge in [-0.05, 0) is 30.7 Å². The molecule has 0 bridgehead atoms. The van der Waals surface area contributed by atoms with Crippen LogP contribution in [0.1, 0.15) is 23.5 Å². The molecular formula is C16H12F2N4O. The molecule has 1 fully saturated rings. The van der Waals surface area contributed by atoms with Crippen molar-refractivity contribution < 1.29 is 13.6 Å². The van der Waals surface area contributed by atoms with E-state index >= 15 is 0 Å². The van der Waals surface area contributed by atoms with E-state index in [1.807, 2.05) is 6.07 Å². The van der Waals surface area contributed by atoms with Gasteiger partial charge in [-0.25, -0.2) is 18.6 Å². The summed E-state index contributed by atoms with van der Waals surface area (Å²) < 4.78 is 27.3. The maximum atomic E-state index is 13.7. The third kappa shape index (κ3) is 3.26. The van der Waals surface area contributed by atoms with Gasteiger partial charge in [0, 0.05) is 23.7 Å². The van der Waals surface area contributed by atoms with Crippen molar-refractivity contribution in [3.05, 3.63) is 59.3 Å². The van der Waals surface area contributed by atoms with E-state index in [4.69, 9.17) is 5.26 Å². The second-order valence-electron chi connectivity index (χ2n) is 5.23. The summed E-state index contributed by atoms with van der Waals surface area (Å²) in [6.07, 6.45) is 1.82. The molecule has 116 valence electrons. The second-order valence-corrected chi connectivity index (χ2v) is 5.23. The van der Waals surface area contributed by atoms with Crippen LogP contribution in [0.3, 0.4) is 0 Å². The minimum absolute atomic E-state index is 0.00861. The van der Waals surface area contributed by atoms with Gasteiger partial charge in [0.25, 0.3) is 0 Å². The minimum atomic E-state index is -0.603. The van der Waals surface area contributed by atoms with Crippen LogP contribution in [0.2, 0.25) is 0 Å². The number of urea groups is 1. The Kier molecular flexibility index (Phi) is 3.89. The molecule has 1 aliphatic carbocycles. The normalized spacial score (nSPS) is 18.8. The molecule has 0 aliphatic heterocycles. The molecule has 1 aromatic heterocycles. The number of aromatic nitrogens is 1. The number of halogens is 2. The Labute approximate surface area is 131 Å². The zero-order valence-electron chi connectivity index (χ0n) is 11.9. The predicted molar refractivity (Wildman–Crippen MR) is 78.6 cm³/mol. The third-order valence-corrected chi connectivity index (χ3v) is 3.61. The Morgan fingerprint density at radius 3 is 2.61 bits per heavy atom. The van der Waals surface area contributed by atoms with Crippen molar-refractivity contribution in [3.8, 4) is 6.07 Å². The Morgan fingerprint density at radius 1 is 1.26 bits per heavy atom. The highest BCUT2D eigenvalue weighted by Gasteiger charge is 2.42. The number of hydrogen-bond acceptors (Lipinski definition) is 3. The fraction of sp³-hybridized carbons (Fsp3) is 0.188. The molecule has 1 aliphatic rings. The van der Waals surface area contributed by atoms with Gasteiger partial charge in [-0.1, -0.05) is 6.07 Å². The Balaban J connectivity index is 1.59. The molecule has 5 nitrogen and oxygen atoms in total. The van der Waals surface area contributed by atoms with Crippen LogP contribution in [0, 0.1) is 23.0 Å². The lowest BCUT2D eigenvalue weighted by Crippen LogP contribution is -2.31. The molecule has 0 radical (unpaired) electrons. The topological polar surface area (TPSA) is 77.8 Å². The molecule has 2 aromatic rings. The maximum absolute atomic E-state index is 13.7. The zero-order chi connectivity index (χ0) is 16.4. The summed E-state index contributed by atoms with van der Waals surface area (Å²) in [7, 11) is 0. The van der Waals surface area contributed by atoms with E-state index in [2.05, 4.69) is 15.6 Å². The van der Waals surface area contributed by atoms with Crippen molar-refractivity contribution in [2.45, 2.75) is 18.4 Å². The monoisotopic (exact) mass is 314 g/mol. The van der Waals surface area contributed by atoms with E-state index < -0.39 is 17.7 Å². The van der Waals surface area contributed by atoms with Crippen LogP contribution in [-0.2, 0) is 0 Å². The summed E-state index contributed by atoms with van der Waals surface area (Å²) in [5, 5.41) is 13.8. The van der Waals surface area contributed by atoms with Gasteiger partial charge >= 0.3 is 6.03 Å². The maximum Gasteiger partial charge on any atom is 0.320 e. The molecule has 2 N–H and O–H groups in total. The van der Waals surface area contributed by atoms with Crippen LogP contribution in [0.15, 0.2) is 36.5 Å². The van der Waals surface area contributed by atoms with Gasteiger partial charge in [-0.15, -0.1) is 0 Å². The quantitative estimate of drug-likeness (QED) is 0.914. The van der Waals surface area contributed by atoms with Gasteiger partial charge in [0.05, 0.1) is 5.56 Å². The molecule has 2 amide bonds. The van der Waals surface area contributed by atoms with E-state index in [9.17, 15) is 13.6 Å². The summed E-state index contributed by atoms with van der Waals surface area (Å²) >= 11 is 0. The standard InChI is InChI=1S/C16H12F2N4O/c17-11-2-1-3-12(18)15(11)10-6-13(10)21-16(23)22-14-5-4-9(7-19)8-20-14/h1-5,8,10,13H,6H2,(H2,20,21,22,23)/t10-,13+/m0/s1. The molecule has 7 heteroatoms. The van der Waals surface area contributed by atoms with Crippen LogP contribution in [0.25, 0.3) is 0 Å². The van der Waals surface area contributed by atoms with Crippen LogP contribution >= 0.6 is 0 Å².